The summed E-state index contributed by atoms with van der Waals surface area (Å²) in [6.45, 7) is 2.75. The summed E-state index contributed by atoms with van der Waals surface area (Å²) in [5, 5.41) is 4.42. The molecule has 1 fully saturated rings. The Morgan fingerprint density at radius 3 is 2.65 bits per heavy atom. The third-order valence-corrected chi connectivity index (χ3v) is 5.37. The lowest BCUT2D eigenvalue weighted by molar-refractivity contribution is 0.570. The molecule has 1 saturated heterocycles. The summed E-state index contributed by atoms with van der Waals surface area (Å²) in [5.41, 5.74) is 1.02. The molecule has 0 radical (unpaired) electrons. The van der Waals surface area contributed by atoms with Crippen LogP contribution in [-0.2, 0) is 16.4 Å². The van der Waals surface area contributed by atoms with Crippen molar-refractivity contribution >= 4 is 26.8 Å². The van der Waals surface area contributed by atoms with Crippen LogP contribution in [0.25, 0.3) is 0 Å². The number of aliphatic imine (C=N–C) groups is 1. The Hall–Kier alpha value is -1.01. The van der Waals surface area contributed by atoms with Crippen molar-refractivity contribution in [2.45, 2.75) is 37.2 Å². The van der Waals surface area contributed by atoms with Gasteiger partial charge in [-0.1, -0.05) is 30.8 Å². The SMILES string of the molecule is CCC1CCSC(=NCc2ccc(S(C)(=O)=O)cc2)N1. The molecule has 1 atom stereocenters. The second-order valence-electron chi connectivity index (χ2n) is 4.92. The first-order valence-corrected chi connectivity index (χ1v) is 9.59. The summed E-state index contributed by atoms with van der Waals surface area (Å²) in [7, 11) is -3.12. The summed E-state index contributed by atoms with van der Waals surface area (Å²) in [5.74, 6) is 1.11. The molecule has 0 saturated carbocycles. The van der Waals surface area contributed by atoms with Crippen molar-refractivity contribution in [2.75, 3.05) is 12.0 Å². The molecule has 2 rings (SSSR count). The van der Waals surface area contributed by atoms with E-state index in [1.807, 2.05) is 12.1 Å². The van der Waals surface area contributed by atoms with Gasteiger partial charge in [-0.25, -0.2) is 8.42 Å². The molecule has 0 aromatic heterocycles. The van der Waals surface area contributed by atoms with Gasteiger partial charge < -0.3 is 5.32 Å². The zero-order valence-electron chi connectivity index (χ0n) is 11.8. The number of benzene rings is 1. The fourth-order valence-electron chi connectivity index (χ4n) is 1.99. The van der Waals surface area contributed by atoms with Crippen LogP contribution in [0.5, 0.6) is 0 Å². The van der Waals surface area contributed by atoms with Crippen molar-refractivity contribution in [1.82, 2.24) is 5.32 Å². The quantitative estimate of drug-likeness (QED) is 0.928. The number of nitrogens with one attached hydrogen (secondary N) is 1. The molecular weight excluding hydrogens is 292 g/mol. The van der Waals surface area contributed by atoms with Crippen LogP contribution in [0.1, 0.15) is 25.3 Å². The minimum atomic E-state index is -3.12. The van der Waals surface area contributed by atoms with E-state index in [1.54, 1.807) is 23.9 Å². The van der Waals surface area contributed by atoms with Crippen molar-refractivity contribution in [3.8, 4) is 0 Å². The second-order valence-corrected chi connectivity index (χ2v) is 8.02. The molecule has 110 valence electrons. The molecule has 0 aliphatic carbocycles. The van der Waals surface area contributed by atoms with Crippen LogP contribution in [0.4, 0.5) is 0 Å². The third kappa shape index (κ3) is 4.24. The van der Waals surface area contributed by atoms with Gasteiger partial charge in [0, 0.05) is 18.1 Å². The molecular formula is C14H20N2O2S2. The Morgan fingerprint density at radius 2 is 2.05 bits per heavy atom. The lowest BCUT2D eigenvalue weighted by Gasteiger charge is -2.24. The average Bonchev–Trinajstić information content (AvgIpc) is 2.45. The van der Waals surface area contributed by atoms with Crippen LogP contribution in [0.15, 0.2) is 34.2 Å². The predicted molar refractivity (Wildman–Crippen MR) is 85.0 cm³/mol. The highest BCUT2D eigenvalue weighted by molar-refractivity contribution is 8.13. The topological polar surface area (TPSA) is 58.5 Å². The Labute approximate surface area is 125 Å². The van der Waals surface area contributed by atoms with Gasteiger partial charge in [0.05, 0.1) is 11.4 Å². The van der Waals surface area contributed by atoms with Gasteiger partial charge in [-0.2, -0.15) is 0 Å². The summed E-state index contributed by atoms with van der Waals surface area (Å²) < 4.78 is 22.8. The maximum atomic E-state index is 11.4. The molecule has 1 heterocycles. The van der Waals surface area contributed by atoms with E-state index >= 15 is 0 Å². The first-order chi connectivity index (χ1) is 9.49. The molecule has 20 heavy (non-hydrogen) atoms. The van der Waals surface area contributed by atoms with E-state index in [0.29, 0.717) is 17.5 Å². The highest BCUT2D eigenvalue weighted by atomic mass is 32.2. The molecule has 1 aliphatic heterocycles. The summed E-state index contributed by atoms with van der Waals surface area (Å²) in [6.07, 6.45) is 3.52. The van der Waals surface area contributed by atoms with E-state index < -0.39 is 9.84 Å². The van der Waals surface area contributed by atoms with E-state index in [-0.39, 0.29) is 0 Å². The van der Waals surface area contributed by atoms with Gasteiger partial charge in [-0.05, 0) is 30.5 Å². The van der Waals surface area contributed by atoms with Crippen LogP contribution in [-0.4, -0.2) is 31.6 Å². The Kier molecular flexibility index (Phi) is 5.10. The molecule has 0 amide bonds. The summed E-state index contributed by atoms with van der Waals surface area (Å²) in [4.78, 5) is 4.91. The van der Waals surface area contributed by atoms with Gasteiger partial charge in [0.2, 0.25) is 0 Å². The minimum Gasteiger partial charge on any atom is -0.362 e. The van der Waals surface area contributed by atoms with Crippen molar-refractivity contribution < 1.29 is 8.42 Å². The molecule has 0 bridgehead atoms. The highest BCUT2D eigenvalue weighted by Gasteiger charge is 2.15. The van der Waals surface area contributed by atoms with Crippen molar-refractivity contribution in [3.63, 3.8) is 0 Å². The number of hydrogen-bond acceptors (Lipinski definition) is 4. The lowest BCUT2D eigenvalue weighted by Crippen LogP contribution is -2.37. The number of hydrogen-bond donors (Lipinski definition) is 1. The van der Waals surface area contributed by atoms with Gasteiger partial charge in [0.1, 0.15) is 0 Å². The van der Waals surface area contributed by atoms with Crippen LogP contribution in [0.3, 0.4) is 0 Å². The van der Waals surface area contributed by atoms with Crippen LogP contribution in [0, 0.1) is 0 Å². The number of sulfone groups is 1. The van der Waals surface area contributed by atoms with Crippen LogP contribution in [0.2, 0.25) is 0 Å². The van der Waals surface area contributed by atoms with Gasteiger partial charge in [0.15, 0.2) is 15.0 Å². The lowest BCUT2D eigenvalue weighted by atomic mass is 10.2. The fraction of sp³-hybridized carbons (Fsp3) is 0.500. The molecule has 1 aliphatic rings. The molecule has 1 unspecified atom stereocenters. The normalized spacial score (nSPS) is 21.7. The average molecular weight is 312 g/mol. The molecule has 1 aromatic carbocycles. The maximum absolute atomic E-state index is 11.4. The van der Waals surface area contributed by atoms with Gasteiger partial charge in [0.25, 0.3) is 0 Å². The smallest absolute Gasteiger partial charge is 0.175 e. The van der Waals surface area contributed by atoms with Crippen LogP contribution < -0.4 is 5.32 Å². The Morgan fingerprint density at radius 1 is 1.35 bits per heavy atom. The van der Waals surface area contributed by atoms with Gasteiger partial charge >= 0.3 is 0 Å². The third-order valence-electron chi connectivity index (χ3n) is 3.28. The number of amidine groups is 1. The molecule has 0 spiro atoms. The summed E-state index contributed by atoms with van der Waals surface area (Å²) in [6, 6.07) is 7.46. The van der Waals surface area contributed by atoms with Crippen molar-refractivity contribution in [3.05, 3.63) is 29.8 Å². The molecule has 1 aromatic rings. The van der Waals surface area contributed by atoms with E-state index in [0.717, 1.165) is 22.9 Å². The molecule has 1 N–H and O–H groups in total. The van der Waals surface area contributed by atoms with Crippen molar-refractivity contribution in [2.24, 2.45) is 4.99 Å². The summed E-state index contributed by atoms with van der Waals surface area (Å²) >= 11 is 1.75. The Balaban J connectivity index is 2.00. The monoisotopic (exact) mass is 312 g/mol. The standard InChI is InChI=1S/C14H20N2O2S2/c1-3-12-8-9-19-14(16-12)15-10-11-4-6-13(7-5-11)20(2,17)18/h4-7,12H,3,8-10H2,1-2H3,(H,15,16). The predicted octanol–water partition coefficient (Wildman–Crippen LogP) is 2.45. The molecule has 6 heteroatoms. The van der Waals surface area contributed by atoms with Crippen LogP contribution >= 0.6 is 11.8 Å². The number of nitrogens with zero attached hydrogens (tertiary/aromatic N) is 1. The largest absolute Gasteiger partial charge is 0.362 e. The zero-order chi connectivity index (χ0) is 14.6. The number of thioether (sulfide) groups is 1. The fourth-order valence-corrected chi connectivity index (χ4v) is 3.62. The number of rotatable bonds is 4. The van der Waals surface area contributed by atoms with Crippen molar-refractivity contribution in [1.29, 1.82) is 0 Å². The Bertz CT molecular complexity index is 580. The van der Waals surface area contributed by atoms with E-state index in [1.165, 1.54) is 12.7 Å². The van der Waals surface area contributed by atoms with E-state index in [2.05, 4.69) is 17.2 Å². The van der Waals surface area contributed by atoms with E-state index in [4.69, 9.17) is 0 Å². The highest BCUT2D eigenvalue weighted by Crippen LogP contribution is 2.17. The zero-order valence-corrected chi connectivity index (χ0v) is 13.4. The first-order valence-electron chi connectivity index (χ1n) is 6.72. The van der Waals surface area contributed by atoms with E-state index in [9.17, 15) is 8.42 Å². The second kappa shape index (κ2) is 6.63. The maximum Gasteiger partial charge on any atom is 0.175 e. The minimum absolute atomic E-state index is 0.352. The molecule has 4 nitrogen and oxygen atoms in total. The van der Waals surface area contributed by atoms with Gasteiger partial charge in [-0.3, -0.25) is 4.99 Å². The first kappa shape index (κ1) is 15.4. The van der Waals surface area contributed by atoms with Gasteiger partial charge in [-0.15, -0.1) is 0 Å².